The lowest BCUT2D eigenvalue weighted by atomic mass is 9.82. The van der Waals surface area contributed by atoms with E-state index in [2.05, 4.69) is 10.1 Å². The first-order valence-electron chi connectivity index (χ1n) is 4.84. The van der Waals surface area contributed by atoms with Gasteiger partial charge in [-0.3, -0.25) is 0 Å². The topological polar surface area (TPSA) is 68.0 Å². The van der Waals surface area contributed by atoms with Gasteiger partial charge in [-0.2, -0.15) is 5.10 Å². The van der Waals surface area contributed by atoms with Crippen LogP contribution in [0.25, 0.3) is 0 Å². The summed E-state index contributed by atoms with van der Waals surface area (Å²) < 4.78 is 1.49. The smallest absolute Gasteiger partial charge is 0.331 e. The molecule has 0 atom stereocenters. The molecule has 0 radical (unpaired) electrons. The van der Waals surface area contributed by atoms with Crippen molar-refractivity contribution in [2.75, 3.05) is 0 Å². The van der Waals surface area contributed by atoms with Crippen molar-refractivity contribution in [3.63, 3.8) is 0 Å². The fraction of sp³-hybridized carbons (Fsp3) is 0.667. The minimum absolute atomic E-state index is 0.658. The van der Waals surface area contributed by atoms with Crippen LogP contribution in [0.3, 0.4) is 0 Å². The second kappa shape index (κ2) is 3.40. The lowest BCUT2D eigenvalue weighted by molar-refractivity contribution is -0.150. The van der Waals surface area contributed by atoms with Gasteiger partial charge in [0.1, 0.15) is 12.7 Å². The van der Waals surface area contributed by atoms with Crippen molar-refractivity contribution in [1.29, 1.82) is 0 Å². The number of hydrogen-bond donors (Lipinski definition) is 1. The van der Waals surface area contributed by atoms with Gasteiger partial charge in [-0.15, -0.1) is 0 Å². The summed E-state index contributed by atoms with van der Waals surface area (Å²) in [5.74, 6) is -0.789. The molecule has 0 aliphatic heterocycles. The van der Waals surface area contributed by atoms with Crippen molar-refractivity contribution in [3.05, 3.63) is 12.7 Å². The van der Waals surface area contributed by atoms with Gasteiger partial charge in [0.15, 0.2) is 5.54 Å². The maximum Gasteiger partial charge on any atom is 0.331 e. The highest BCUT2D eigenvalue weighted by molar-refractivity contribution is 5.76. The Bertz CT molecular complexity index is 315. The Morgan fingerprint density at radius 3 is 2.57 bits per heavy atom. The molecule has 2 rings (SSSR count). The molecule has 1 heterocycles. The van der Waals surface area contributed by atoms with Gasteiger partial charge >= 0.3 is 5.97 Å². The van der Waals surface area contributed by atoms with Crippen LogP contribution in [-0.2, 0) is 10.3 Å². The van der Waals surface area contributed by atoms with Gasteiger partial charge in [-0.05, 0) is 12.8 Å². The molecule has 0 amide bonds. The van der Waals surface area contributed by atoms with Crippen LogP contribution in [-0.4, -0.2) is 25.8 Å². The maximum atomic E-state index is 11.3. The Labute approximate surface area is 81.8 Å². The molecule has 5 heteroatoms. The van der Waals surface area contributed by atoms with Gasteiger partial charge in [0.05, 0.1) is 0 Å². The van der Waals surface area contributed by atoms with Gasteiger partial charge in [0.25, 0.3) is 0 Å². The second-order valence-corrected chi connectivity index (χ2v) is 3.74. The van der Waals surface area contributed by atoms with E-state index in [1.54, 1.807) is 0 Å². The number of aliphatic carboxylic acids is 1. The number of rotatable bonds is 2. The van der Waals surface area contributed by atoms with Crippen molar-refractivity contribution in [2.24, 2.45) is 0 Å². The van der Waals surface area contributed by atoms with E-state index in [1.807, 2.05) is 0 Å². The number of aromatic nitrogens is 3. The second-order valence-electron chi connectivity index (χ2n) is 3.74. The minimum Gasteiger partial charge on any atom is -0.479 e. The predicted molar refractivity (Wildman–Crippen MR) is 48.7 cm³/mol. The van der Waals surface area contributed by atoms with Crippen molar-refractivity contribution >= 4 is 5.97 Å². The average Bonchev–Trinajstić information content (AvgIpc) is 2.72. The summed E-state index contributed by atoms with van der Waals surface area (Å²) in [6.07, 6.45) is 7.22. The van der Waals surface area contributed by atoms with Gasteiger partial charge in [0, 0.05) is 0 Å². The summed E-state index contributed by atoms with van der Waals surface area (Å²) in [6, 6.07) is 0. The average molecular weight is 195 g/mol. The molecule has 1 fully saturated rings. The van der Waals surface area contributed by atoms with E-state index in [-0.39, 0.29) is 0 Å². The first-order valence-corrected chi connectivity index (χ1v) is 4.84. The lowest BCUT2D eigenvalue weighted by Gasteiger charge is -2.32. The quantitative estimate of drug-likeness (QED) is 0.765. The Kier molecular flexibility index (Phi) is 2.23. The van der Waals surface area contributed by atoms with Crippen LogP contribution < -0.4 is 0 Å². The Morgan fingerprint density at radius 1 is 1.36 bits per heavy atom. The van der Waals surface area contributed by atoms with E-state index >= 15 is 0 Å². The van der Waals surface area contributed by atoms with Gasteiger partial charge < -0.3 is 5.11 Å². The van der Waals surface area contributed by atoms with Gasteiger partial charge in [-0.25, -0.2) is 14.5 Å². The SMILES string of the molecule is O=C(O)C1(n2cncn2)CCCCC1. The van der Waals surface area contributed by atoms with Crippen LogP contribution in [0.15, 0.2) is 12.7 Å². The summed E-state index contributed by atoms with van der Waals surface area (Å²) >= 11 is 0. The molecule has 0 spiro atoms. The lowest BCUT2D eigenvalue weighted by Crippen LogP contribution is -2.44. The highest BCUT2D eigenvalue weighted by Crippen LogP contribution is 2.34. The summed E-state index contributed by atoms with van der Waals surface area (Å²) in [5.41, 5.74) is -0.839. The largest absolute Gasteiger partial charge is 0.479 e. The van der Waals surface area contributed by atoms with E-state index in [0.717, 1.165) is 19.3 Å². The first-order chi connectivity index (χ1) is 6.76. The zero-order valence-electron chi connectivity index (χ0n) is 7.89. The Balaban J connectivity index is 2.35. The van der Waals surface area contributed by atoms with Crippen LogP contribution >= 0.6 is 0 Å². The van der Waals surface area contributed by atoms with Crippen molar-refractivity contribution in [1.82, 2.24) is 14.8 Å². The molecule has 1 aliphatic carbocycles. The molecule has 0 aromatic carbocycles. The molecule has 0 saturated heterocycles. The van der Waals surface area contributed by atoms with Crippen LogP contribution in [0.4, 0.5) is 0 Å². The standard InChI is InChI=1S/C9H13N3O2/c13-8(14)9(4-2-1-3-5-9)12-7-10-6-11-12/h6-7H,1-5H2,(H,13,14). The molecular weight excluding hydrogens is 182 g/mol. The van der Waals surface area contributed by atoms with Crippen molar-refractivity contribution in [2.45, 2.75) is 37.6 Å². The zero-order chi connectivity index (χ0) is 10.0. The van der Waals surface area contributed by atoms with Crippen molar-refractivity contribution in [3.8, 4) is 0 Å². The predicted octanol–water partition coefficient (Wildman–Crippen LogP) is 1.02. The van der Waals surface area contributed by atoms with Crippen LogP contribution in [0.2, 0.25) is 0 Å². The fourth-order valence-electron chi connectivity index (χ4n) is 2.11. The van der Waals surface area contributed by atoms with Crippen LogP contribution in [0.1, 0.15) is 32.1 Å². The minimum atomic E-state index is -0.839. The molecular formula is C9H13N3O2. The molecule has 76 valence electrons. The zero-order valence-corrected chi connectivity index (χ0v) is 7.89. The van der Waals surface area contributed by atoms with E-state index in [9.17, 15) is 9.90 Å². The summed E-state index contributed by atoms with van der Waals surface area (Å²) in [4.78, 5) is 15.1. The highest BCUT2D eigenvalue weighted by atomic mass is 16.4. The van der Waals surface area contributed by atoms with E-state index in [4.69, 9.17) is 0 Å². The van der Waals surface area contributed by atoms with Crippen LogP contribution in [0, 0.1) is 0 Å². The summed E-state index contributed by atoms with van der Waals surface area (Å²) in [5, 5.41) is 13.2. The van der Waals surface area contributed by atoms with E-state index in [1.165, 1.54) is 17.3 Å². The Morgan fingerprint density at radius 2 is 2.07 bits per heavy atom. The monoisotopic (exact) mass is 195 g/mol. The summed E-state index contributed by atoms with van der Waals surface area (Å²) in [6.45, 7) is 0. The summed E-state index contributed by atoms with van der Waals surface area (Å²) in [7, 11) is 0. The Hall–Kier alpha value is -1.39. The fourth-order valence-corrected chi connectivity index (χ4v) is 2.11. The molecule has 5 nitrogen and oxygen atoms in total. The van der Waals surface area contributed by atoms with E-state index in [0.29, 0.717) is 12.8 Å². The molecule has 1 aromatic heterocycles. The highest BCUT2D eigenvalue weighted by Gasteiger charge is 2.42. The first kappa shape index (κ1) is 9.18. The molecule has 14 heavy (non-hydrogen) atoms. The van der Waals surface area contributed by atoms with Crippen LogP contribution in [0.5, 0.6) is 0 Å². The molecule has 1 aliphatic rings. The number of nitrogens with zero attached hydrogens (tertiary/aromatic N) is 3. The van der Waals surface area contributed by atoms with Gasteiger partial charge in [-0.1, -0.05) is 19.3 Å². The maximum absolute atomic E-state index is 11.3. The molecule has 0 unspecified atom stereocenters. The number of hydrogen-bond acceptors (Lipinski definition) is 3. The van der Waals surface area contributed by atoms with Crippen molar-refractivity contribution < 1.29 is 9.90 Å². The number of carbonyl (C=O) groups is 1. The number of carboxylic acids is 1. The number of carboxylic acid groups (broad SMARTS) is 1. The molecule has 1 saturated carbocycles. The third-order valence-corrected chi connectivity index (χ3v) is 2.94. The molecule has 0 bridgehead atoms. The van der Waals surface area contributed by atoms with E-state index < -0.39 is 11.5 Å². The third-order valence-electron chi connectivity index (χ3n) is 2.94. The normalized spacial score (nSPS) is 20.6. The van der Waals surface area contributed by atoms with Gasteiger partial charge in [0.2, 0.25) is 0 Å². The molecule has 1 aromatic rings. The third kappa shape index (κ3) is 1.29. The molecule has 1 N–H and O–H groups in total.